The number of carboxylic acid groups (broad SMARTS) is 1. The lowest BCUT2D eigenvalue weighted by atomic mass is 10.1. The summed E-state index contributed by atoms with van der Waals surface area (Å²) in [5.41, 5.74) is 1.95. The Kier molecular flexibility index (Phi) is 4.97. The third kappa shape index (κ3) is 3.46. The number of ether oxygens (including phenoxy) is 1. The van der Waals surface area contributed by atoms with Crippen molar-refractivity contribution in [1.29, 1.82) is 0 Å². The van der Waals surface area contributed by atoms with Crippen LogP contribution in [0, 0.1) is 6.92 Å². The van der Waals surface area contributed by atoms with Gasteiger partial charge in [0.1, 0.15) is 0 Å². The number of anilines is 1. The van der Waals surface area contributed by atoms with Crippen LogP contribution in [-0.4, -0.2) is 30.8 Å². The van der Waals surface area contributed by atoms with Crippen LogP contribution in [0.25, 0.3) is 0 Å². The molecule has 0 fully saturated rings. The van der Waals surface area contributed by atoms with E-state index in [0.29, 0.717) is 12.2 Å². The summed E-state index contributed by atoms with van der Waals surface area (Å²) in [7, 11) is 1.66. The van der Waals surface area contributed by atoms with Gasteiger partial charge < -0.3 is 15.2 Å². The molecule has 1 rings (SSSR count). The fourth-order valence-corrected chi connectivity index (χ4v) is 1.71. The predicted octanol–water partition coefficient (Wildman–Crippen LogP) is 2.53. The molecule has 0 amide bonds. The Morgan fingerprint density at radius 3 is 2.76 bits per heavy atom. The van der Waals surface area contributed by atoms with Gasteiger partial charge in [0.05, 0.1) is 12.2 Å². The van der Waals surface area contributed by atoms with Crippen LogP contribution in [0.2, 0.25) is 0 Å². The van der Waals surface area contributed by atoms with Crippen LogP contribution in [0.5, 0.6) is 0 Å². The summed E-state index contributed by atoms with van der Waals surface area (Å²) in [5.74, 6) is -0.897. The molecule has 2 N–H and O–H groups in total. The average Bonchev–Trinajstić information content (AvgIpc) is 2.30. The van der Waals surface area contributed by atoms with Crippen molar-refractivity contribution in [2.75, 3.05) is 19.0 Å². The molecule has 4 heteroatoms. The van der Waals surface area contributed by atoms with E-state index in [9.17, 15) is 4.79 Å². The molecule has 0 radical (unpaired) electrons. The number of aromatic carboxylic acids is 1. The lowest BCUT2D eigenvalue weighted by Gasteiger charge is -2.19. The molecule has 0 bridgehead atoms. The molecule has 4 nitrogen and oxygen atoms in total. The summed E-state index contributed by atoms with van der Waals surface area (Å²) in [6, 6.07) is 5.45. The van der Waals surface area contributed by atoms with Crippen LogP contribution >= 0.6 is 0 Å². The van der Waals surface area contributed by atoms with Gasteiger partial charge in [-0.1, -0.05) is 13.0 Å². The van der Waals surface area contributed by atoms with E-state index in [1.807, 2.05) is 13.0 Å². The van der Waals surface area contributed by atoms with E-state index >= 15 is 0 Å². The van der Waals surface area contributed by atoms with E-state index in [1.165, 1.54) is 0 Å². The van der Waals surface area contributed by atoms with E-state index in [0.717, 1.165) is 17.7 Å². The molecular formula is C13H19NO3. The fourth-order valence-electron chi connectivity index (χ4n) is 1.71. The van der Waals surface area contributed by atoms with Crippen molar-refractivity contribution in [2.45, 2.75) is 26.3 Å². The minimum atomic E-state index is -0.897. The highest BCUT2D eigenvalue weighted by atomic mass is 16.5. The molecule has 17 heavy (non-hydrogen) atoms. The van der Waals surface area contributed by atoms with Gasteiger partial charge >= 0.3 is 5.97 Å². The van der Waals surface area contributed by atoms with Crippen molar-refractivity contribution in [3.8, 4) is 0 Å². The van der Waals surface area contributed by atoms with Gasteiger partial charge in [-0.05, 0) is 31.0 Å². The number of benzene rings is 1. The first-order chi connectivity index (χ1) is 8.10. The Morgan fingerprint density at radius 1 is 1.53 bits per heavy atom. The zero-order chi connectivity index (χ0) is 12.8. The topological polar surface area (TPSA) is 58.6 Å². The van der Waals surface area contributed by atoms with Crippen LogP contribution < -0.4 is 5.32 Å². The van der Waals surface area contributed by atoms with E-state index < -0.39 is 5.97 Å². The highest BCUT2D eigenvalue weighted by Gasteiger charge is 2.12. The van der Waals surface area contributed by atoms with Crippen molar-refractivity contribution in [1.82, 2.24) is 0 Å². The van der Waals surface area contributed by atoms with Gasteiger partial charge in [0, 0.05) is 18.8 Å². The number of methoxy groups -OCH3 is 1. The molecule has 0 heterocycles. The van der Waals surface area contributed by atoms with E-state index in [-0.39, 0.29) is 6.04 Å². The summed E-state index contributed by atoms with van der Waals surface area (Å²) in [6.45, 7) is 4.48. The minimum Gasteiger partial charge on any atom is -0.478 e. The molecule has 1 unspecified atom stereocenters. The van der Waals surface area contributed by atoms with E-state index in [1.54, 1.807) is 19.2 Å². The number of carboxylic acids is 1. The second-order valence-electron chi connectivity index (χ2n) is 3.99. The Hall–Kier alpha value is -1.55. The van der Waals surface area contributed by atoms with E-state index in [2.05, 4.69) is 12.2 Å². The molecule has 0 spiro atoms. The molecule has 1 aromatic rings. The average molecular weight is 237 g/mol. The maximum atomic E-state index is 11.0. The molecule has 0 saturated heterocycles. The third-order valence-corrected chi connectivity index (χ3v) is 2.78. The third-order valence-electron chi connectivity index (χ3n) is 2.78. The lowest BCUT2D eigenvalue weighted by molar-refractivity contribution is 0.0696. The van der Waals surface area contributed by atoms with Crippen LogP contribution in [0.15, 0.2) is 18.2 Å². The SMILES string of the molecule is CCC(COC)Nc1cccc(C(=O)O)c1C. The van der Waals surface area contributed by atoms with Gasteiger partial charge in [0.15, 0.2) is 0 Å². The van der Waals surface area contributed by atoms with Crippen LogP contribution in [-0.2, 0) is 4.74 Å². The summed E-state index contributed by atoms with van der Waals surface area (Å²) < 4.78 is 5.11. The van der Waals surface area contributed by atoms with Crippen molar-refractivity contribution in [2.24, 2.45) is 0 Å². The Bertz CT molecular complexity index is 390. The number of carbonyl (C=O) groups is 1. The summed E-state index contributed by atoms with van der Waals surface area (Å²) in [6.07, 6.45) is 0.921. The quantitative estimate of drug-likeness (QED) is 0.798. The molecule has 0 saturated carbocycles. The maximum absolute atomic E-state index is 11.0. The molecule has 94 valence electrons. The van der Waals surface area contributed by atoms with Gasteiger partial charge in [0.2, 0.25) is 0 Å². The van der Waals surface area contributed by atoms with Gasteiger partial charge in [-0.15, -0.1) is 0 Å². The number of hydrogen-bond acceptors (Lipinski definition) is 3. The summed E-state index contributed by atoms with van der Waals surface area (Å²) in [5, 5.41) is 12.3. The Morgan fingerprint density at radius 2 is 2.24 bits per heavy atom. The van der Waals surface area contributed by atoms with Crippen molar-refractivity contribution >= 4 is 11.7 Å². The zero-order valence-electron chi connectivity index (χ0n) is 10.5. The first kappa shape index (κ1) is 13.5. The number of nitrogens with one attached hydrogen (secondary N) is 1. The Balaban J connectivity index is 2.91. The molecular weight excluding hydrogens is 218 g/mol. The van der Waals surface area contributed by atoms with Gasteiger partial charge in [-0.25, -0.2) is 4.79 Å². The van der Waals surface area contributed by atoms with Gasteiger partial charge in [-0.3, -0.25) is 0 Å². The zero-order valence-corrected chi connectivity index (χ0v) is 10.5. The fraction of sp³-hybridized carbons (Fsp3) is 0.462. The first-order valence-electron chi connectivity index (χ1n) is 5.68. The Labute approximate surface area is 102 Å². The molecule has 1 aromatic carbocycles. The summed E-state index contributed by atoms with van der Waals surface area (Å²) in [4.78, 5) is 11.0. The number of hydrogen-bond donors (Lipinski definition) is 2. The second kappa shape index (κ2) is 6.25. The van der Waals surface area contributed by atoms with Gasteiger partial charge in [0.25, 0.3) is 0 Å². The smallest absolute Gasteiger partial charge is 0.336 e. The van der Waals surface area contributed by atoms with Gasteiger partial charge in [-0.2, -0.15) is 0 Å². The minimum absolute atomic E-state index is 0.197. The standard InChI is InChI=1S/C13H19NO3/c1-4-10(8-17-3)14-12-7-5-6-11(9(12)2)13(15)16/h5-7,10,14H,4,8H2,1-3H3,(H,15,16). The highest BCUT2D eigenvalue weighted by molar-refractivity contribution is 5.91. The largest absolute Gasteiger partial charge is 0.478 e. The summed E-state index contributed by atoms with van der Waals surface area (Å²) >= 11 is 0. The molecule has 0 aliphatic heterocycles. The molecule has 1 atom stereocenters. The maximum Gasteiger partial charge on any atom is 0.336 e. The number of rotatable bonds is 6. The highest BCUT2D eigenvalue weighted by Crippen LogP contribution is 2.20. The first-order valence-corrected chi connectivity index (χ1v) is 5.68. The normalized spacial score (nSPS) is 12.2. The van der Waals surface area contributed by atoms with Crippen molar-refractivity contribution < 1.29 is 14.6 Å². The lowest BCUT2D eigenvalue weighted by Crippen LogP contribution is -2.24. The van der Waals surface area contributed by atoms with Crippen molar-refractivity contribution in [3.05, 3.63) is 29.3 Å². The molecule has 0 aliphatic rings. The van der Waals surface area contributed by atoms with E-state index in [4.69, 9.17) is 9.84 Å². The molecule has 0 aliphatic carbocycles. The van der Waals surface area contributed by atoms with Crippen molar-refractivity contribution in [3.63, 3.8) is 0 Å². The monoisotopic (exact) mass is 237 g/mol. The van der Waals surface area contributed by atoms with Crippen LogP contribution in [0.1, 0.15) is 29.3 Å². The second-order valence-corrected chi connectivity index (χ2v) is 3.99. The predicted molar refractivity (Wildman–Crippen MR) is 67.7 cm³/mol. The molecule has 0 aromatic heterocycles. The van der Waals surface area contributed by atoms with Crippen LogP contribution in [0.3, 0.4) is 0 Å². The van der Waals surface area contributed by atoms with Crippen LogP contribution in [0.4, 0.5) is 5.69 Å².